The van der Waals surface area contributed by atoms with Gasteiger partial charge in [0, 0.05) is 35.4 Å². The third-order valence-electron chi connectivity index (χ3n) is 2.35. The van der Waals surface area contributed by atoms with E-state index in [4.69, 9.17) is 5.73 Å². The molecule has 4 nitrogen and oxygen atoms in total. The summed E-state index contributed by atoms with van der Waals surface area (Å²) in [5.41, 5.74) is 5.51. The molecule has 3 N–H and O–H groups in total. The minimum atomic E-state index is -0.815. The molecule has 1 amide bonds. The van der Waals surface area contributed by atoms with Crippen molar-refractivity contribution in [3.05, 3.63) is 0 Å². The minimum absolute atomic E-state index is 0.0272. The molecule has 0 fully saturated rings. The first-order valence-corrected chi connectivity index (χ1v) is 6.84. The van der Waals surface area contributed by atoms with Gasteiger partial charge in [0.25, 0.3) is 0 Å². The molecule has 0 saturated carbocycles. The second-order valence-corrected chi connectivity index (χ2v) is 5.68. The Morgan fingerprint density at radius 3 is 2.47 bits per heavy atom. The lowest BCUT2D eigenvalue weighted by molar-refractivity contribution is -0.125. The van der Waals surface area contributed by atoms with Gasteiger partial charge in [-0.15, -0.1) is 0 Å². The Balaban J connectivity index is 3.86. The molecule has 90 valence electrons. The van der Waals surface area contributed by atoms with E-state index in [2.05, 4.69) is 5.32 Å². The standard InChI is InChI=1S/C10H22N2O2S/c1-4-15(14)6-5-12-10(13)9(7-11)8(2)3/h8-9H,4-7,11H2,1-3H3,(H,12,13). The summed E-state index contributed by atoms with van der Waals surface area (Å²) in [4.78, 5) is 11.6. The number of hydrogen-bond acceptors (Lipinski definition) is 3. The van der Waals surface area contributed by atoms with E-state index in [0.717, 1.165) is 0 Å². The molecule has 0 aliphatic carbocycles. The normalized spacial score (nSPS) is 15.0. The van der Waals surface area contributed by atoms with Crippen molar-refractivity contribution in [3.8, 4) is 0 Å². The Morgan fingerprint density at radius 1 is 1.47 bits per heavy atom. The van der Waals surface area contributed by atoms with E-state index in [1.54, 1.807) is 0 Å². The quantitative estimate of drug-likeness (QED) is 0.656. The molecule has 0 saturated heterocycles. The van der Waals surface area contributed by atoms with Crippen LogP contribution < -0.4 is 11.1 Å². The third-order valence-corrected chi connectivity index (χ3v) is 3.65. The number of nitrogens with one attached hydrogen (secondary N) is 1. The van der Waals surface area contributed by atoms with Crippen molar-refractivity contribution in [2.45, 2.75) is 20.8 Å². The highest BCUT2D eigenvalue weighted by Gasteiger charge is 2.19. The summed E-state index contributed by atoms with van der Waals surface area (Å²) in [5.74, 6) is 1.24. The summed E-state index contributed by atoms with van der Waals surface area (Å²) in [6.07, 6.45) is 0. The Labute approximate surface area is 94.4 Å². The summed E-state index contributed by atoms with van der Waals surface area (Å²) in [7, 11) is -0.815. The Hall–Kier alpha value is -0.420. The predicted molar refractivity (Wildman–Crippen MR) is 63.9 cm³/mol. The van der Waals surface area contributed by atoms with Crippen LogP contribution in [0.5, 0.6) is 0 Å². The van der Waals surface area contributed by atoms with Gasteiger partial charge < -0.3 is 11.1 Å². The second kappa shape index (κ2) is 7.82. The largest absolute Gasteiger partial charge is 0.355 e. The molecule has 0 aromatic heterocycles. The summed E-state index contributed by atoms with van der Waals surface area (Å²) < 4.78 is 11.1. The van der Waals surface area contributed by atoms with Crippen LogP contribution in [0.1, 0.15) is 20.8 Å². The van der Waals surface area contributed by atoms with E-state index in [1.807, 2.05) is 20.8 Å². The minimum Gasteiger partial charge on any atom is -0.355 e. The molecule has 0 bridgehead atoms. The van der Waals surface area contributed by atoms with E-state index in [9.17, 15) is 9.00 Å². The van der Waals surface area contributed by atoms with Crippen LogP contribution >= 0.6 is 0 Å². The lowest BCUT2D eigenvalue weighted by Crippen LogP contribution is -2.39. The van der Waals surface area contributed by atoms with Crippen LogP contribution in [-0.4, -0.2) is 34.7 Å². The van der Waals surface area contributed by atoms with Crippen LogP contribution in [-0.2, 0) is 15.6 Å². The van der Waals surface area contributed by atoms with Gasteiger partial charge in [0.1, 0.15) is 0 Å². The average molecular weight is 234 g/mol. The number of rotatable bonds is 7. The second-order valence-electron chi connectivity index (χ2n) is 3.81. The molecule has 0 rings (SSSR count). The SMILES string of the molecule is CCS(=O)CCNC(=O)C(CN)C(C)C. The molecule has 0 radical (unpaired) electrons. The third kappa shape index (κ3) is 5.89. The van der Waals surface area contributed by atoms with Gasteiger partial charge in [-0.25, -0.2) is 0 Å². The van der Waals surface area contributed by atoms with E-state index >= 15 is 0 Å². The monoisotopic (exact) mass is 234 g/mol. The highest BCUT2D eigenvalue weighted by Crippen LogP contribution is 2.08. The fourth-order valence-corrected chi connectivity index (χ4v) is 1.86. The zero-order valence-electron chi connectivity index (χ0n) is 9.79. The molecule has 5 heteroatoms. The molecule has 0 aliphatic rings. The van der Waals surface area contributed by atoms with Crippen molar-refractivity contribution < 1.29 is 9.00 Å². The van der Waals surface area contributed by atoms with E-state index in [-0.39, 0.29) is 17.7 Å². The van der Waals surface area contributed by atoms with Crippen LogP contribution in [0.3, 0.4) is 0 Å². The lowest BCUT2D eigenvalue weighted by Gasteiger charge is -2.17. The molecule has 0 aromatic rings. The Kier molecular flexibility index (Phi) is 7.60. The first kappa shape index (κ1) is 14.6. The van der Waals surface area contributed by atoms with Crippen LogP contribution in [0, 0.1) is 11.8 Å². The van der Waals surface area contributed by atoms with Crippen molar-refractivity contribution >= 4 is 16.7 Å². The highest BCUT2D eigenvalue weighted by atomic mass is 32.2. The average Bonchev–Trinajstić information content (AvgIpc) is 2.17. The van der Waals surface area contributed by atoms with E-state index < -0.39 is 10.8 Å². The van der Waals surface area contributed by atoms with Gasteiger partial charge in [-0.05, 0) is 5.92 Å². The molecule has 15 heavy (non-hydrogen) atoms. The first-order chi connectivity index (χ1) is 7.02. The van der Waals surface area contributed by atoms with Gasteiger partial charge in [-0.3, -0.25) is 9.00 Å². The maximum Gasteiger partial charge on any atom is 0.224 e. The molecule has 2 unspecified atom stereocenters. The number of nitrogens with two attached hydrogens (primary N) is 1. The van der Waals surface area contributed by atoms with Crippen molar-refractivity contribution in [1.82, 2.24) is 5.32 Å². The van der Waals surface area contributed by atoms with Gasteiger partial charge in [0.05, 0.1) is 5.92 Å². The Bertz CT molecular complexity index is 219. The van der Waals surface area contributed by atoms with Crippen molar-refractivity contribution in [3.63, 3.8) is 0 Å². The number of hydrogen-bond donors (Lipinski definition) is 2. The molecular formula is C10H22N2O2S. The van der Waals surface area contributed by atoms with E-state index in [0.29, 0.717) is 24.6 Å². The van der Waals surface area contributed by atoms with E-state index in [1.165, 1.54) is 0 Å². The van der Waals surface area contributed by atoms with Crippen molar-refractivity contribution in [2.75, 3.05) is 24.6 Å². The van der Waals surface area contributed by atoms with Crippen molar-refractivity contribution in [1.29, 1.82) is 0 Å². The fraction of sp³-hybridized carbons (Fsp3) is 0.900. The molecule has 0 spiro atoms. The summed E-state index contributed by atoms with van der Waals surface area (Å²) >= 11 is 0. The van der Waals surface area contributed by atoms with Gasteiger partial charge in [0.15, 0.2) is 0 Å². The molecule has 2 atom stereocenters. The molecule has 0 aromatic carbocycles. The van der Waals surface area contributed by atoms with Crippen LogP contribution in [0.4, 0.5) is 0 Å². The molecule has 0 aliphatic heterocycles. The van der Waals surface area contributed by atoms with Gasteiger partial charge >= 0.3 is 0 Å². The zero-order chi connectivity index (χ0) is 11.8. The number of carbonyl (C=O) groups excluding carboxylic acids is 1. The molecular weight excluding hydrogens is 212 g/mol. The Morgan fingerprint density at radius 2 is 2.07 bits per heavy atom. The van der Waals surface area contributed by atoms with Gasteiger partial charge in [-0.2, -0.15) is 0 Å². The summed E-state index contributed by atoms with van der Waals surface area (Å²) in [6.45, 7) is 6.65. The van der Waals surface area contributed by atoms with Crippen LogP contribution in [0.25, 0.3) is 0 Å². The smallest absolute Gasteiger partial charge is 0.224 e. The lowest BCUT2D eigenvalue weighted by atomic mass is 9.95. The zero-order valence-corrected chi connectivity index (χ0v) is 10.6. The summed E-state index contributed by atoms with van der Waals surface area (Å²) in [6, 6.07) is 0. The van der Waals surface area contributed by atoms with Crippen LogP contribution in [0.2, 0.25) is 0 Å². The van der Waals surface area contributed by atoms with Gasteiger partial charge in [-0.1, -0.05) is 20.8 Å². The molecule has 0 heterocycles. The predicted octanol–water partition coefficient (Wildman–Crippen LogP) is 0.102. The maximum absolute atomic E-state index is 11.6. The number of carbonyl (C=O) groups is 1. The maximum atomic E-state index is 11.6. The number of amides is 1. The first-order valence-electron chi connectivity index (χ1n) is 5.35. The summed E-state index contributed by atoms with van der Waals surface area (Å²) in [5, 5.41) is 2.77. The van der Waals surface area contributed by atoms with Crippen LogP contribution in [0.15, 0.2) is 0 Å². The fourth-order valence-electron chi connectivity index (χ4n) is 1.25. The van der Waals surface area contributed by atoms with Crippen molar-refractivity contribution in [2.24, 2.45) is 17.6 Å². The topological polar surface area (TPSA) is 72.2 Å². The van der Waals surface area contributed by atoms with Gasteiger partial charge in [0.2, 0.25) is 5.91 Å². The highest BCUT2D eigenvalue weighted by molar-refractivity contribution is 7.84.